The van der Waals surface area contributed by atoms with Crippen molar-refractivity contribution in [3.8, 4) is 0 Å². The Kier molecular flexibility index (Phi) is 8.44. The molecular weight excluding hydrogens is 445 g/mol. The van der Waals surface area contributed by atoms with E-state index in [1.165, 1.54) is 30.1 Å². The van der Waals surface area contributed by atoms with E-state index >= 15 is 0 Å². The topological polar surface area (TPSA) is 137 Å². The average Bonchev–Trinajstić information content (AvgIpc) is 3.10. The van der Waals surface area contributed by atoms with Gasteiger partial charge in [-0.25, -0.2) is 18.8 Å². The summed E-state index contributed by atoms with van der Waals surface area (Å²) in [7, 11) is 0. The van der Waals surface area contributed by atoms with Crippen molar-refractivity contribution in [3.05, 3.63) is 34.2 Å². The molecule has 146 valence electrons. The number of nitrogens with zero attached hydrogens (tertiary/aromatic N) is 3. The van der Waals surface area contributed by atoms with Gasteiger partial charge in [0.05, 0.1) is 10.2 Å². The summed E-state index contributed by atoms with van der Waals surface area (Å²) in [4.78, 5) is 16.0. The first-order chi connectivity index (χ1) is 13.0. The van der Waals surface area contributed by atoms with Crippen molar-refractivity contribution >= 4 is 51.2 Å². The summed E-state index contributed by atoms with van der Waals surface area (Å²) in [5.74, 6) is -0.646. The quantitative estimate of drug-likeness (QED) is 0.133. The Balaban J connectivity index is 2.05. The fraction of sp³-hybridized carbons (Fsp3) is 0.286. The number of halogens is 2. The molecule has 0 aliphatic heterocycles. The normalized spacial score (nSPS) is 11.3. The highest BCUT2D eigenvalue weighted by Gasteiger charge is 2.18. The van der Waals surface area contributed by atoms with Gasteiger partial charge in [-0.2, -0.15) is 0 Å². The lowest BCUT2D eigenvalue weighted by atomic mass is 10.3. The molecule has 1 aromatic heterocycles. The standard InChI is InChI=1S/C14H17BrFN7O3S/c1-27-18-6-2-5-17-14(24)20-13-11(22-26-23-13)12(21-25)19-8-3-4-10(16)9(15)7-8/h3-4,7,18,25H,2,5-6H2,1H3,(H,19,21)(H2,17,20,23,24). The summed E-state index contributed by atoms with van der Waals surface area (Å²) in [6.45, 7) is 1.19. The van der Waals surface area contributed by atoms with E-state index in [1.54, 1.807) is 0 Å². The fourth-order valence-electron chi connectivity index (χ4n) is 1.86. The number of amidine groups is 1. The van der Waals surface area contributed by atoms with Crippen LogP contribution in [0.3, 0.4) is 0 Å². The lowest BCUT2D eigenvalue weighted by Crippen LogP contribution is -2.32. The molecule has 0 atom stereocenters. The van der Waals surface area contributed by atoms with Gasteiger partial charge in [-0.1, -0.05) is 11.9 Å². The number of rotatable bonds is 8. The van der Waals surface area contributed by atoms with Gasteiger partial charge in [-0.15, -0.1) is 0 Å². The number of amides is 2. The Labute approximate surface area is 166 Å². The predicted molar refractivity (Wildman–Crippen MR) is 103 cm³/mol. The molecule has 0 unspecified atom stereocenters. The van der Waals surface area contributed by atoms with Crippen LogP contribution in [0.5, 0.6) is 0 Å². The van der Waals surface area contributed by atoms with E-state index in [0.29, 0.717) is 12.2 Å². The zero-order valence-electron chi connectivity index (χ0n) is 14.1. The third-order valence-electron chi connectivity index (χ3n) is 3.08. The van der Waals surface area contributed by atoms with Crippen molar-refractivity contribution in [2.45, 2.75) is 6.42 Å². The smallest absolute Gasteiger partial charge is 0.320 e. The second-order valence-electron chi connectivity index (χ2n) is 4.96. The predicted octanol–water partition coefficient (Wildman–Crippen LogP) is 2.41. The summed E-state index contributed by atoms with van der Waals surface area (Å²) in [5, 5.41) is 21.7. The molecule has 2 rings (SSSR count). The highest BCUT2D eigenvalue weighted by atomic mass is 79.9. The Morgan fingerprint density at radius 2 is 2.22 bits per heavy atom. The number of anilines is 1. The number of aliphatic imine (C=N–C) groups is 1. The highest BCUT2D eigenvalue weighted by Crippen LogP contribution is 2.23. The van der Waals surface area contributed by atoms with Crippen LogP contribution in [0.2, 0.25) is 0 Å². The van der Waals surface area contributed by atoms with Crippen LogP contribution < -0.4 is 20.8 Å². The van der Waals surface area contributed by atoms with Gasteiger partial charge >= 0.3 is 6.03 Å². The maximum atomic E-state index is 13.3. The van der Waals surface area contributed by atoms with Gasteiger partial charge in [0.15, 0.2) is 11.5 Å². The lowest BCUT2D eigenvalue weighted by Gasteiger charge is -2.07. The molecule has 5 N–H and O–H groups in total. The number of urea groups is 1. The second kappa shape index (κ2) is 10.8. The van der Waals surface area contributed by atoms with E-state index in [-0.39, 0.29) is 21.8 Å². The summed E-state index contributed by atoms with van der Waals surface area (Å²) in [5.41, 5.74) is 2.15. The van der Waals surface area contributed by atoms with Gasteiger partial charge in [-0.05, 0) is 57.1 Å². The molecule has 1 heterocycles. The van der Waals surface area contributed by atoms with Crippen molar-refractivity contribution in [1.82, 2.24) is 25.8 Å². The zero-order chi connectivity index (χ0) is 19.6. The van der Waals surface area contributed by atoms with Crippen LogP contribution in [-0.2, 0) is 0 Å². The van der Waals surface area contributed by atoms with E-state index < -0.39 is 11.8 Å². The minimum absolute atomic E-state index is 0.0304. The van der Waals surface area contributed by atoms with Gasteiger partial charge in [-0.3, -0.25) is 20.7 Å². The van der Waals surface area contributed by atoms with E-state index in [4.69, 9.17) is 0 Å². The summed E-state index contributed by atoms with van der Waals surface area (Å²) in [6.07, 6.45) is 2.65. The minimum Gasteiger partial charge on any atom is -0.338 e. The second-order valence-corrected chi connectivity index (χ2v) is 6.52. The molecule has 0 saturated heterocycles. The number of carbonyl (C=O) groups excluding carboxylic acids is 1. The van der Waals surface area contributed by atoms with Crippen LogP contribution >= 0.6 is 27.9 Å². The van der Waals surface area contributed by atoms with E-state index in [9.17, 15) is 14.4 Å². The Hall–Kier alpha value is -2.22. The molecule has 0 spiro atoms. The Morgan fingerprint density at radius 3 is 2.93 bits per heavy atom. The first-order valence-corrected chi connectivity index (χ1v) is 9.64. The van der Waals surface area contributed by atoms with E-state index in [1.807, 2.05) is 11.7 Å². The maximum absolute atomic E-state index is 13.3. The molecule has 0 bridgehead atoms. The van der Waals surface area contributed by atoms with Crippen LogP contribution in [0.1, 0.15) is 12.1 Å². The SMILES string of the molecule is CSNCCCNC(=O)Nc1nonc1C(=Nc1ccc(F)c(Br)c1)NO. The molecule has 10 nitrogen and oxygen atoms in total. The van der Waals surface area contributed by atoms with Crippen molar-refractivity contribution in [2.24, 2.45) is 4.99 Å². The molecule has 0 aliphatic carbocycles. The average molecular weight is 462 g/mol. The fourth-order valence-corrected chi connectivity index (χ4v) is 2.57. The first kappa shape index (κ1) is 21.1. The molecule has 1 aromatic carbocycles. The largest absolute Gasteiger partial charge is 0.338 e. The number of benzene rings is 1. The van der Waals surface area contributed by atoms with Crippen molar-refractivity contribution in [3.63, 3.8) is 0 Å². The number of nitrogens with one attached hydrogen (secondary N) is 4. The van der Waals surface area contributed by atoms with Gasteiger partial charge in [0.2, 0.25) is 5.82 Å². The molecule has 0 aliphatic rings. The van der Waals surface area contributed by atoms with Crippen LogP contribution in [0.15, 0.2) is 32.3 Å². The molecule has 2 aromatic rings. The number of hydroxylamine groups is 1. The monoisotopic (exact) mass is 461 g/mol. The summed E-state index contributed by atoms with van der Waals surface area (Å²) >= 11 is 4.55. The Morgan fingerprint density at radius 1 is 1.41 bits per heavy atom. The molecule has 2 amide bonds. The van der Waals surface area contributed by atoms with Crippen molar-refractivity contribution in [2.75, 3.05) is 24.7 Å². The van der Waals surface area contributed by atoms with Gasteiger partial charge in [0, 0.05) is 13.1 Å². The van der Waals surface area contributed by atoms with Gasteiger partial charge < -0.3 is 5.32 Å². The molecule has 0 fully saturated rings. The van der Waals surface area contributed by atoms with Crippen LogP contribution in [0, 0.1) is 5.82 Å². The zero-order valence-corrected chi connectivity index (χ0v) is 16.5. The highest BCUT2D eigenvalue weighted by molar-refractivity contribution is 9.10. The van der Waals surface area contributed by atoms with Crippen LogP contribution in [0.4, 0.5) is 20.7 Å². The molecular formula is C14H17BrFN7O3S. The number of aromatic nitrogens is 2. The van der Waals surface area contributed by atoms with Gasteiger partial charge in [0.25, 0.3) is 0 Å². The van der Waals surface area contributed by atoms with E-state index in [2.05, 4.69) is 51.2 Å². The van der Waals surface area contributed by atoms with E-state index in [0.717, 1.165) is 13.0 Å². The molecule has 0 radical (unpaired) electrons. The maximum Gasteiger partial charge on any atom is 0.320 e. The summed E-state index contributed by atoms with van der Waals surface area (Å²) in [6, 6.07) is 3.49. The molecule has 27 heavy (non-hydrogen) atoms. The third-order valence-corrected chi connectivity index (χ3v) is 4.18. The Bertz CT molecular complexity index is 805. The third kappa shape index (κ3) is 6.46. The van der Waals surface area contributed by atoms with Crippen LogP contribution in [0.25, 0.3) is 0 Å². The van der Waals surface area contributed by atoms with Crippen molar-refractivity contribution in [1.29, 1.82) is 0 Å². The lowest BCUT2D eigenvalue weighted by molar-refractivity contribution is 0.234. The van der Waals surface area contributed by atoms with Crippen LogP contribution in [-0.4, -0.2) is 46.7 Å². The minimum atomic E-state index is -0.516. The number of carbonyl (C=O) groups is 1. The molecule has 0 saturated carbocycles. The van der Waals surface area contributed by atoms with Gasteiger partial charge in [0.1, 0.15) is 5.82 Å². The number of hydrogen-bond donors (Lipinski definition) is 5. The first-order valence-electron chi connectivity index (χ1n) is 7.62. The van der Waals surface area contributed by atoms with Crippen molar-refractivity contribution < 1.29 is 19.0 Å². The summed E-state index contributed by atoms with van der Waals surface area (Å²) < 4.78 is 21.2. The number of hydrogen-bond acceptors (Lipinski definition) is 8. The molecule has 13 heteroatoms.